The van der Waals surface area contributed by atoms with Gasteiger partial charge >= 0.3 is 0 Å². The molecule has 0 radical (unpaired) electrons. The van der Waals surface area contributed by atoms with Crippen molar-refractivity contribution in [2.45, 2.75) is 32.1 Å². The molecule has 2 fully saturated rings. The molecule has 1 aromatic rings. The van der Waals surface area contributed by atoms with Crippen LogP contribution >= 0.6 is 0 Å². The number of carbonyl (C=O) groups excluding carboxylic acids is 2. The number of rotatable bonds is 4. The molecule has 24 heavy (non-hydrogen) atoms. The van der Waals surface area contributed by atoms with E-state index < -0.39 is 0 Å². The summed E-state index contributed by atoms with van der Waals surface area (Å²) in [5, 5.41) is 2.99. The predicted molar refractivity (Wildman–Crippen MR) is 94.7 cm³/mol. The third-order valence-electron chi connectivity index (χ3n) is 5.07. The minimum Gasteiger partial charge on any atom is -0.342 e. The summed E-state index contributed by atoms with van der Waals surface area (Å²) >= 11 is 0. The molecule has 2 aliphatic heterocycles. The largest absolute Gasteiger partial charge is 0.342 e. The number of likely N-dealkylation sites (tertiary alicyclic amines) is 2. The van der Waals surface area contributed by atoms with Gasteiger partial charge in [0.1, 0.15) is 0 Å². The van der Waals surface area contributed by atoms with Gasteiger partial charge in [-0.1, -0.05) is 18.2 Å². The van der Waals surface area contributed by atoms with Crippen LogP contribution in [0.4, 0.5) is 5.69 Å². The fraction of sp³-hybridized carbons (Fsp3) is 0.579. The van der Waals surface area contributed by atoms with Crippen molar-refractivity contribution in [3.8, 4) is 0 Å². The van der Waals surface area contributed by atoms with E-state index in [4.69, 9.17) is 0 Å². The Morgan fingerprint density at radius 2 is 1.62 bits per heavy atom. The average molecular weight is 329 g/mol. The molecule has 3 rings (SSSR count). The molecular weight excluding hydrogens is 302 g/mol. The Kier molecular flexibility index (Phi) is 5.86. The lowest BCUT2D eigenvalue weighted by Crippen LogP contribution is -2.46. The third kappa shape index (κ3) is 4.57. The van der Waals surface area contributed by atoms with Crippen LogP contribution in [0.25, 0.3) is 0 Å². The normalized spacial score (nSPS) is 19.9. The summed E-state index contributed by atoms with van der Waals surface area (Å²) in [6, 6.07) is 9.59. The zero-order valence-electron chi connectivity index (χ0n) is 14.2. The molecule has 2 saturated heterocycles. The van der Waals surface area contributed by atoms with Crippen molar-refractivity contribution >= 4 is 17.5 Å². The van der Waals surface area contributed by atoms with Crippen molar-refractivity contribution in [2.24, 2.45) is 5.92 Å². The van der Waals surface area contributed by atoms with Crippen molar-refractivity contribution in [3.05, 3.63) is 30.3 Å². The van der Waals surface area contributed by atoms with Gasteiger partial charge < -0.3 is 10.2 Å². The lowest BCUT2D eigenvalue weighted by molar-refractivity contribution is -0.133. The van der Waals surface area contributed by atoms with Crippen molar-refractivity contribution in [1.29, 1.82) is 0 Å². The maximum absolute atomic E-state index is 12.3. The molecule has 0 unspecified atom stereocenters. The molecule has 0 aliphatic carbocycles. The molecule has 5 nitrogen and oxygen atoms in total. The summed E-state index contributed by atoms with van der Waals surface area (Å²) in [5.74, 6) is 0.400. The Labute approximate surface area is 144 Å². The topological polar surface area (TPSA) is 52.7 Å². The van der Waals surface area contributed by atoms with Gasteiger partial charge in [-0.25, -0.2) is 0 Å². The van der Waals surface area contributed by atoms with Crippen LogP contribution in [-0.4, -0.2) is 54.3 Å². The number of hydrogen-bond acceptors (Lipinski definition) is 3. The lowest BCUT2D eigenvalue weighted by atomic mass is 9.95. The van der Waals surface area contributed by atoms with Crippen molar-refractivity contribution < 1.29 is 9.59 Å². The van der Waals surface area contributed by atoms with Gasteiger partial charge in [-0.15, -0.1) is 0 Å². The molecule has 2 amide bonds. The molecule has 2 heterocycles. The van der Waals surface area contributed by atoms with Crippen LogP contribution in [0.2, 0.25) is 0 Å². The fourth-order valence-electron chi connectivity index (χ4n) is 3.55. The quantitative estimate of drug-likeness (QED) is 0.922. The number of hydrogen-bond donors (Lipinski definition) is 1. The van der Waals surface area contributed by atoms with Crippen molar-refractivity contribution in [3.63, 3.8) is 0 Å². The van der Waals surface area contributed by atoms with Crippen molar-refractivity contribution in [1.82, 2.24) is 9.80 Å². The summed E-state index contributed by atoms with van der Waals surface area (Å²) in [7, 11) is 0. The first-order chi connectivity index (χ1) is 11.7. The van der Waals surface area contributed by atoms with E-state index in [1.165, 1.54) is 6.42 Å². The zero-order chi connectivity index (χ0) is 16.8. The van der Waals surface area contributed by atoms with Gasteiger partial charge in [0.15, 0.2) is 0 Å². The van der Waals surface area contributed by atoms with Crippen LogP contribution in [0.5, 0.6) is 0 Å². The van der Waals surface area contributed by atoms with E-state index in [0.29, 0.717) is 6.54 Å². The first-order valence-electron chi connectivity index (χ1n) is 9.08. The molecular formula is C19H27N3O2. The molecule has 1 N–H and O–H groups in total. The minimum atomic E-state index is 0.0477. The van der Waals surface area contributed by atoms with Crippen LogP contribution in [0, 0.1) is 5.92 Å². The van der Waals surface area contributed by atoms with E-state index in [9.17, 15) is 9.59 Å². The second-order valence-corrected chi connectivity index (χ2v) is 6.85. The van der Waals surface area contributed by atoms with Gasteiger partial charge in [0, 0.05) is 24.7 Å². The highest BCUT2D eigenvalue weighted by atomic mass is 16.2. The average Bonchev–Trinajstić information content (AvgIpc) is 2.64. The van der Waals surface area contributed by atoms with Gasteiger partial charge in [-0.05, 0) is 57.3 Å². The fourth-order valence-corrected chi connectivity index (χ4v) is 3.55. The molecule has 0 bridgehead atoms. The first kappa shape index (κ1) is 17.0. The highest BCUT2D eigenvalue weighted by Crippen LogP contribution is 2.20. The molecule has 0 saturated carbocycles. The standard InChI is InChI=1S/C19H27N3O2/c23-18(22-11-5-2-6-12-22)15-21-13-9-16(10-14-21)19(24)20-17-7-3-1-4-8-17/h1,3-4,7-8,16H,2,5-6,9-15H2,(H,20,24). The van der Waals surface area contributed by atoms with E-state index in [2.05, 4.69) is 10.2 Å². The third-order valence-corrected chi connectivity index (χ3v) is 5.07. The Morgan fingerprint density at radius 1 is 0.958 bits per heavy atom. The Balaban J connectivity index is 1.42. The monoisotopic (exact) mass is 329 g/mol. The van der Waals surface area contributed by atoms with Gasteiger partial charge in [0.2, 0.25) is 11.8 Å². The second-order valence-electron chi connectivity index (χ2n) is 6.85. The van der Waals surface area contributed by atoms with E-state index in [1.807, 2.05) is 35.2 Å². The molecule has 130 valence electrons. The van der Waals surface area contributed by atoms with E-state index >= 15 is 0 Å². The van der Waals surface area contributed by atoms with Crippen LogP contribution in [0.1, 0.15) is 32.1 Å². The molecule has 0 atom stereocenters. The summed E-state index contributed by atoms with van der Waals surface area (Å²) in [5.41, 5.74) is 0.852. The molecule has 2 aliphatic rings. The van der Waals surface area contributed by atoms with Crippen molar-refractivity contribution in [2.75, 3.05) is 38.0 Å². The Morgan fingerprint density at radius 3 is 2.29 bits per heavy atom. The van der Waals surface area contributed by atoms with Crippen LogP contribution in [-0.2, 0) is 9.59 Å². The zero-order valence-corrected chi connectivity index (χ0v) is 14.2. The van der Waals surface area contributed by atoms with Crippen LogP contribution < -0.4 is 5.32 Å². The van der Waals surface area contributed by atoms with Crippen LogP contribution in [0.15, 0.2) is 30.3 Å². The maximum atomic E-state index is 12.3. The summed E-state index contributed by atoms with van der Waals surface area (Å²) < 4.78 is 0. The molecule has 5 heteroatoms. The predicted octanol–water partition coefficient (Wildman–Crippen LogP) is 2.35. The molecule has 0 aromatic heterocycles. The Hall–Kier alpha value is -1.88. The van der Waals surface area contributed by atoms with Crippen LogP contribution in [0.3, 0.4) is 0 Å². The van der Waals surface area contributed by atoms with E-state index in [0.717, 1.165) is 57.5 Å². The highest BCUT2D eigenvalue weighted by molar-refractivity contribution is 5.92. The van der Waals surface area contributed by atoms with Gasteiger partial charge in [0.05, 0.1) is 6.54 Å². The number of anilines is 1. The second kappa shape index (κ2) is 8.29. The van der Waals surface area contributed by atoms with E-state index in [1.54, 1.807) is 0 Å². The maximum Gasteiger partial charge on any atom is 0.236 e. The number of nitrogens with zero attached hydrogens (tertiary/aromatic N) is 2. The number of benzene rings is 1. The molecule has 1 aromatic carbocycles. The van der Waals surface area contributed by atoms with Gasteiger partial charge in [-0.2, -0.15) is 0 Å². The first-order valence-corrected chi connectivity index (χ1v) is 9.08. The summed E-state index contributed by atoms with van der Waals surface area (Å²) in [6.07, 6.45) is 5.16. The van der Waals surface area contributed by atoms with Gasteiger partial charge in [0.25, 0.3) is 0 Å². The summed E-state index contributed by atoms with van der Waals surface area (Å²) in [6.45, 7) is 3.98. The number of amides is 2. The summed E-state index contributed by atoms with van der Waals surface area (Å²) in [4.78, 5) is 28.9. The number of para-hydroxylation sites is 1. The SMILES string of the molecule is O=C(Nc1ccccc1)C1CCN(CC(=O)N2CCCCC2)CC1. The number of piperidine rings is 2. The van der Waals surface area contributed by atoms with E-state index in [-0.39, 0.29) is 17.7 Å². The Bertz CT molecular complexity index is 547. The smallest absolute Gasteiger partial charge is 0.236 e. The minimum absolute atomic E-state index is 0.0477. The molecule has 0 spiro atoms. The number of carbonyl (C=O) groups is 2. The van der Waals surface area contributed by atoms with Gasteiger partial charge in [-0.3, -0.25) is 14.5 Å². The lowest BCUT2D eigenvalue weighted by Gasteiger charge is -2.33. The highest BCUT2D eigenvalue weighted by Gasteiger charge is 2.27. The number of nitrogens with one attached hydrogen (secondary N) is 1.